The van der Waals surface area contributed by atoms with Gasteiger partial charge in [0.25, 0.3) is 5.69 Å². The van der Waals surface area contributed by atoms with E-state index in [0.717, 1.165) is 17.0 Å². The number of benzene rings is 2. The maximum atomic E-state index is 12.4. The van der Waals surface area contributed by atoms with Gasteiger partial charge in [-0.15, -0.1) is 11.3 Å². The molecule has 0 N–H and O–H groups in total. The molecule has 140 valence electrons. The summed E-state index contributed by atoms with van der Waals surface area (Å²) in [6, 6.07) is 13.2. The Morgan fingerprint density at radius 3 is 2.68 bits per heavy atom. The van der Waals surface area contributed by atoms with Gasteiger partial charge in [0, 0.05) is 28.5 Å². The molecule has 2 aromatic carbocycles. The molecule has 2 heterocycles. The third kappa shape index (κ3) is 3.37. The standard InChI is InChI=1S/C20H14N2O5S/c1-2-26-15-6-3-12(4-7-15)17-11-28-19(21-17)16-10-13-9-14(22(24)25)5-8-18(13)27-20(16)23/h3-11H,2H2,1H3. The summed E-state index contributed by atoms with van der Waals surface area (Å²) in [7, 11) is 0. The Hall–Kier alpha value is -3.52. The lowest BCUT2D eigenvalue weighted by atomic mass is 10.1. The number of thiazole rings is 1. The van der Waals surface area contributed by atoms with Gasteiger partial charge in [-0.3, -0.25) is 10.1 Å². The molecular weight excluding hydrogens is 380 g/mol. The van der Waals surface area contributed by atoms with E-state index in [1.807, 2.05) is 36.6 Å². The molecule has 0 bridgehead atoms. The van der Waals surface area contributed by atoms with Crippen molar-refractivity contribution in [2.75, 3.05) is 6.61 Å². The highest BCUT2D eigenvalue weighted by Crippen LogP contribution is 2.30. The maximum Gasteiger partial charge on any atom is 0.346 e. The van der Waals surface area contributed by atoms with Crippen LogP contribution in [0.4, 0.5) is 5.69 Å². The number of rotatable bonds is 5. The fourth-order valence-corrected chi connectivity index (χ4v) is 3.62. The Morgan fingerprint density at radius 2 is 1.96 bits per heavy atom. The van der Waals surface area contributed by atoms with E-state index in [1.165, 1.54) is 29.5 Å². The van der Waals surface area contributed by atoms with Gasteiger partial charge in [0.2, 0.25) is 0 Å². The number of hydrogen-bond donors (Lipinski definition) is 0. The van der Waals surface area contributed by atoms with Crippen LogP contribution in [0.2, 0.25) is 0 Å². The van der Waals surface area contributed by atoms with Gasteiger partial charge in [-0.1, -0.05) is 0 Å². The molecule has 0 aliphatic heterocycles. The highest BCUT2D eigenvalue weighted by Gasteiger charge is 2.15. The summed E-state index contributed by atoms with van der Waals surface area (Å²) >= 11 is 1.31. The average molecular weight is 394 g/mol. The van der Waals surface area contributed by atoms with Crippen molar-refractivity contribution >= 4 is 28.0 Å². The minimum atomic E-state index is -0.533. The van der Waals surface area contributed by atoms with Crippen molar-refractivity contribution in [2.24, 2.45) is 0 Å². The van der Waals surface area contributed by atoms with Crippen molar-refractivity contribution in [3.63, 3.8) is 0 Å². The Morgan fingerprint density at radius 1 is 1.18 bits per heavy atom. The minimum Gasteiger partial charge on any atom is -0.494 e. The highest BCUT2D eigenvalue weighted by atomic mass is 32.1. The predicted molar refractivity (Wildman–Crippen MR) is 107 cm³/mol. The number of fused-ring (bicyclic) bond motifs is 1. The van der Waals surface area contributed by atoms with E-state index in [1.54, 1.807) is 6.07 Å². The Bertz CT molecular complexity index is 1230. The molecule has 0 fully saturated rings. The smallest absolute Gasteiger partial charge is 0.346 e. The fraction of sp³-hybridized carbons (Fsp3) is 0.100. The van der Waals surface area contributed by atoms with Crippen LogP contribution in [-0.2, 0) is 0 Å². The molecule has 7 nitrogen and oxygen atoms in total. The lowest BCUT2D eigenvalue weighted by molar-refractivity contribution is -0.384. The first-order chi connectivity index (χ1) is 13.5. The predicted octanol–water partition coefficient (Wildman–Crippen LogP) is 4.89. The number of aromatic nitrogens is 1. The van der Waals surface area contributed by atoms with Crippen LogP contribution in [-0.4, -0.2) is 16.5 Å². The van der Waals surface area contributed by atoms with Crippen molar-refractivity contribution in [1.82, 2.24) is 4.98 Å². The molecule has 0 unspecified atom stereocenters. The first-order valence-corrected chi connectivity index (χ1v) is 9.34. The van der Waals surface area contributed by atoms with E-state index in [-0.39, 0.29) is 11.3 Å². The van der Waals surface area contributed by atoms with Crippen molar-refractivity contribution in [2.45, 2.75) is 6.92 Å². The first kappa shape index (κ1) is 17.9. The Balaban J connectivity index is 1.73. The molecule has 0 spiro atoms. The van der Waals surface area contributed by atoms with Crippen LogP contribution in [0.3, 0.4) is 0 Å². The van der Waals surface area contributed by atoms with Crippen molar-refractivity contribution in [3.05, 3.63) is 74.4 Å². The van der Waals surface area contributed by atoms with Gasteiger partial charge in [0.15, 0.2) is 0 Å². The summed E-state index contributed by atoms with van der Waals surface area (Å²) in [5.41, 5.74) is 1.58. The van der Waals surface area contributed by atoms with Crippen LogP contribution >= 0.6 is 11.3 Å². The monoisotopic (exact) mass is 394 g/mol. The highest BCUT2D eigenvalue weighted by molar-refractivity contribution is 7.13. The van der Waals surface area contributed by atoms with E-state index >= 15 is 0 Å². The van der Waals surface area contributed by atoms with Crippen LogP contribution in [0.1, 0.15) is 6.92 Å². The Kier molecular flexibility index (Phi) is 4.62. The lowest BCUT2D eigenvalue weighted by Crippen LogP contribution is -2.02. The zero-order valence-corrected chi connectivity index (χ0v) is 15.6. The molecule has 0 saturated carbocycles. The van der Waals surface area contributed by atoms with E-state index in [4.69, 9.17) is 9.15 Å². The fourth-order valence-electron chi connectivity index (χ4n) is 2.79. The lowest BCUT2D eigenvalue weighted by Gasteiger charge is -2.03. The molecule has 4 aromatic rings. The van der Waals surface area contributed by atoms with Gasteiger partial charge in [-0.05, 0) is 43.3 Å². The summed E-state index contributed by atoms with van der Waals surface area (Å²) in [4.78, 5) is 27.4. The molecule has 0 amide bonds. The summed E-state index contributed by atoms with van der Waals surface area (Å²) in [5, 5.41) is 13.8. The largest absolute Gasteiger partial charge is 0.494 e. The average Bonchev–Trinajstić information content (AvgIpc) is 3.18. The van der Waals surface area contributed by atoms with E-state index in [2.05, 4.69) is 4.98 Å². The third-order valence-corrected chi connectivity index (χ3v) is 5.00. The number of nitro groups is 1. The van der Waals surface area contributed by atoms with Gasteiger partial charge in [-0.2, -0.15) is 0 Å². The van der Waals surface area contributed by atoms with Crippen molar-refractivity contribution in [3.8, 4) is 27.6 Å². The van der Waals surface area contributed by atoms with Crippen LogP contribution in [0.15, 0.2) is 63.1 Å². The maximum absolute atomic E-state index is 12.4. The Labute approximate surface area is 163 Å². The number of non-ortho nitro benzene ring substituents is 1. The topological polar surface area (TPSA) is 95.5 Å². The quantitative estimate of drug-likeness (QED) is 0.272. The molecule has 2 aromatic heterocycles. The summed E-state index contributed by atoms with van der Waals surface area (Å²) in [6.45, 7) is 2.51. The molecule has 0 radical (unpaired) electrons. The second-order valence-corrected chi connectivity index (χ2v) is 6.78. The van der Waals surface area contributed by atoms with Crippen molar-refractivity contribution in [1.29, 1.82) is 0 Å². The molecule has 28 heavy (non-hydrogen) atoms. The third-order valence-electron chi connectivity index (χ3n) is 4.12. The van der Waals surface area contributed by atoms with Gasteiger partial charge in [0.1, 0.15) is 16.3 Å². The molecule has 0 aliphatic rings. The van der Waals surface area contributed by atoms with Crippen LogP contribution in [0, 0.1) is 10.1 Å². The number of ether oxygens (including phenoxy) is 1. The zero-order chi connectivity index (χ0) is 19.7. The normalized spacial score (nSPS) is 10.9. The molecular formula is C20H14N2O5S. The number of hydrogen-bond acceptors (Lipinski definition) is 7. The molecule has 4 rings (SSSR count). The van der Waals surface area contributed by atoms with Gasteiger partial charge < -0.3 is 9.15 Å². The molecule has 8 heteroatoms. The SMILES string of the molecule is CCOc1ccc(-c2csc(-c3cc4cc([N+](=O)[O-])ccc4oc3=O)n2)cc1. The van der Waals surface area contributed by atoms with Crippen LogP contribution < -0.4 is 10.4 Å². The van der Waals surface area contributed by atoms with Gasteiger partial charge in [-0.25, -0.2) is 9.78 Å². The zero-order valence-electron chi connectivity index (χ0n) is 14.7. The van der Waals surface area contributed by atoms with E-state index < -0.39 is 10.5 Å². The number of nitro benzene ring substituents is 1. The van der Waals surface area contributed by atoms with Gasteiger partial charge >= 0.3 is 5.63 Å². The van der Waals surface area contributed by atoms with E-state index in [0.29, 0.717) is 22.6 Å². The number of nitrogens with zero attached hydrogens (tertiary/aromatic N) is 2. The first-order valence-electron chi connectivity index (χ1n) is 8.46. The molecule has 0 aliphatic carbocycles. The summed E-state index contributed by atoms with van der Waals surface area (Å²) in [6.07, 6.45) is 0. The van der Waals surface area contributed by atoms with Crippen molar-refractivity contribution < 1.29 is 14.1 Å². The van der Waals surface area contributed by atoms with Gasteiger partial charge in [0.05, 0.1) is 22.8 Å². The minimum absolute atomic E-state index is 0.0680. The second kappa shape index (κ2) is 7.24. The summed E-state index contributed by atoms with van der Waals surface area (Å²) in [5.74, 6) is 0.776. The second-order valence-electron chi connectivity index (χ2n) is 5.92. The van der Waals surface area contributed by atoms with E-state index in [9.17, 15) is 14.9 Å². The molecule has 0 atom stereocenters. The summed E-state index contributed by atoms with van der Waals surface area (Å²) < 4.78 is 10.7. The van der Waals surface area contributed by atoms with Crippen LogP contribution in [0.25, 0.3) is 32.8 Å². The van der Waals surface area contributed by atoms with Crippen LogP contribution in [0.5, 0.6) is 5.75 Å². The molecule has 0 saturated heterocycles.